The number of nitrogens with zero attached hydrogens (tertiary/aromatic N) is 4. The van der Waals surface area contributed by atoms with Gasteiger partial charge >= 0.3 is 5.69 Å². The molecule has 106 valence electrons. The molecule has 19 heavy (non-hydrogen) atoms. The molecule has 0 aliphatic heterocycles. The van der Waals surface area contributed by atoms with Gasteiger partial charge in [-0.3, -0.25) is 10.1 Å². The minimum atomic E-state index is -0.368. The monoisotopic (exact) mass is 268 g/mol. The van der Waals surface area contributed by atoms with E-state index in [9.17, 15) is 15.2 Å². The van der Waals surface area contributed by atoms with E-state index in [2.05, 4.69) is 5.10 Å². The van der Waals surface area contributed by atoms with Crippen molar-refractivity contribution >= 4 is 11.5 Å². The van der Waals surface area contributed by atoms with Crippen LogP contribution in [0.25, 0.3) is 0 Å². The standard InChI is InChI=1S/C12H20N4O3/c1-3-15-12(11(16(18)19)9(2)13-15)14(7-8-17)10-5-4-6-10/h10,17H,3-8H2,1-2H3. The predicted octanol–water partition coefficient (Wildman–Crippen LogP) is 1.47. The molecule has 0 spiro atoms. The molecule has 0 atom stereocenters. The highest BCUT2D eigenvalue weighted by Crippen LogP contribution is 2.37. The van der Waals surface area contributed by atoms with Gasteiger partial charge in [0.05, 0.1) is 11.5 Å². The van der Waals surface area contributed by atoms with E-state index in [1.165, 1.54) is 0 Å². The Morgan fingerprint density at radius 3 is 2.68 bits per heavy atom. The molecule has 1 heterocycles. The van der Waals surface area contributed by atoms with Gasteiger partial charge < -0.3 is 10.0 Å². The van der Waals surface area contributed by atoms with Gasteiger partial charge in [-0.15, -0.1) is 0 Å². The Balaban J connectivity index is 2.46. The Labute approximate surface area is 112 Å². The first-order chi connectivity index (χ1) is 9.10. The van der Waals surface area contributed by atoms with Gasteiger partial charge in [0.1, 0.15) is 5.69 Å². The van der Waals surface area contributed by atoms with Gasteiger partial charge in [-0.05, 0) is 33.1 Å². The summed E-state index contributed by atoms with van der Waals surface area (Å²) in [5.74, 6) is 0.545. The zero-order valence-electron chi connectivity index (χ0n) is 11.4. The van der Waals surface area contributed by atoms with Crippen molar-refractivity contribution in [1.82, 2.24) is 9.78 Å². The van der Waals surface area contributed by atoms with Crippen molar-refractivity contribution in [3.63, 3.8) is 0 Å². The summed E-state index contributed by atoms with van der Waals surface area (Å²) in [5, 5.41) is 24.7. The van der Waals surface area contributed by atoms with Crippen LogP contribution in [-0.2, 0) is 6.54 Å². The molecule has 7 nitrogen and oxygen atoms in total. The lowest BCUT2D eigenvalue weighted by atomic mass is 9.91. The first-order valence-corrected chi connectivity index (χ1v) is 6.69. The molecule has 1 saturated carbocycles. The van der Waals surface area contributed by atoms with E-state index in [1.807, 2.05) is 11.8 Å². The topological polar surface area (TPSA) is 84.4 Å². The second kappa shape index (κ2) is 5.56. The lowest BCUT2D eigenvalue weighted by Crippen LogP contribution is -2.43. The van der Waals surface area contributed by atoms with E-state index >= 15 is 0 Å². The quantitative estimate of drug-likeness (QED) is 0.624. The predicted molar refractivity (Wildman–Crippen MR) is 71.4 cm³/mol. The number of anilines is 1. The van der Waals surface area contributed by atoms with Crippen molar-refractivity contribution in [2.75, 3.05) is 18.1 Å². The summed E-state index contributed by atoms with van der Waals surface area (Å²) in [4.78, 5) is 12.9. The van der Waals surface area contributed by atoms with E-state index in [0.29, 0.717) is 24.6 Å². The maximum Gasteiger partial charge on any atom is 0.333 e. The number of hydrogen-bond acceptors (Lipinski definition) is 5. The van der Waals surface area contributed by atoms with E-state index in [4.69, 9.17) is 0 Å². The second-order valence-electron chi connectivity index (χ2n) is 4.83. The molecule has 0 amide bonds. The fourth-order valence-electron chi connectivity index (χ4n) is 2.55. The van der Waals surface area contributed by atoms with Crippen LogP contribution in [0.2, 0.25) is 0 Å². The lowest BCUT2D eigenvalue weighted by molar-refractivity contribution is -0.384. The van der Waals surface area contributed by atoms with E-state index < -0.39 is 0 Å². The third-order valence-electron chi connectivity index (χ3n) is 3.68. The highest BCUT2D eigenvalue weighted by Gasteiger charge is 2.34. The van der Waals surface area contributed by atoms with Gasteiger partial charge in [0.25, 0.3) is 0 Å². The number of hydrogen-bond donors (Lipinski definition) is 1. The number of aromatic nitrogens is 2. The van der Waals surface area contributed by atoms with Crippen LogP contribution in [0, 0.1) is 17.0 Å². The summed E-state index contributed by atoms with van der Waals surface area (Å²) >= 11 is 0. The number of aliphatic hydroxyl groups is 1. The third kappa shape index (κ3) is 2.42. The number of rotatable bonds is 6. The fourth-order valence-corrected chi connectivity index (χ4v) is 2.55. The summed E-state index contributed by atoms with van der Waals surface area (Å²) in [7, 11) is 0. The molecule has 1 N–H and O–H groups in total. The molecule has 1 aromatic heterocycles. The molecule has 0 radical (unpaired) electrons. The molecule has 1 fully saturated rings. The average Bonchev–Trinajstić information content (AvgIpc) is 2.63. The maximum atomic E-state index is 11.3. The normalized spacial score (nSPS) is 15.3. The molecule has 0 saturated heterocycles. The number of aliphatic hydroxyl groups excluding tert-OH is 1. The minimum Gasteiger partial charge on any atom is -0.395 e. The Morgan fingerprint density at radius 1 is 1.58 bits per heavy atom. The van der Waals surface area contributed by atoms with Gasteiger partial charge in [0.2, 0.25) is 5.82 Å². The van der Waals surface area contributed by atoms with Crippen LogP contribution < -0.4 is 4.90 Å². The van der Waals surface area contributed by atoms with Crippen molar-refractivity contribution in [1.29, 1.82) is 0 Å². The Morgan fingerprint density at radius 2 is 2.26 bits per heavy atom. The molecule has 0 aromatic carbocycles. The highest BCUT2D eigenvalue weighted by atomic mass is 16.6. The molecular formula is C12H20N4O3. The Kier molecular flexibility index (Phi) is 4.04. The second-order valence-corrected chi connectivity index (χ2v) is 4.83. The highest BCUT2D eigenvalue weighted by molar-refractivity contribution is 5.62. The van der Waals surface area contributed by atoms with Crippen LogP contribution in [0.4, 0.5) is 11.5 Å². The maximum absolute atomic E-state index is 11.3. The molecular weight excluding hydrogens is 248 g/mol. The summed E-state index contributed by atoms with van der Waals surface area (Å²) in [6, 6.07) is 0.284. The molecule has 0 unspecified atom stereocenters. The van der Waals surface area contributed by atoms with Crippen LogP contribution in [0.3, 0.4) is 0 Å². The van der Waals surface area contributed by atoms with E-state index in [0.717, 1.165) is 19.3 Å². The van der Waals surface area contributed by atoms with Crippen molar-refractivity contribution in [3.05, 3.63) is 15.8 Å². The van der Waals surface area contributed by atoms with E-state index in [1.54, 1.807) is 11.6 Å². The molecule has 0 bridgehead atoms. The van der Waals surface area contributed by atoms with Crippen molar-refractivity contribution in [3.8, 4) is 0 Å². The van der Waals surface area contributed by atoms with Crippen LogP contribution in [0.15, 0.2) is 0 Å². The third-order valence-corrected chi connectivity index (χ3v) is 3.68. The molecule has 1 aromatic rings. The summed E-state index contributed by atoms with van der Waals surface area (Å²) in [5.41, 5.74) is 0.506. The van der Waals surface area contributed by atoms with Gasteiger partial charge in [-0.1, -0.05) is 0 Å². The van der Waals surface area contributed by atoms with Gasteiger partial charge in [-0.25, -0.2) is 4.68 Å². The van der Waals surface area contributed by atoms with Crippen LogP contribution in [0.5, 0.6) is 0 Å². The number of aryl methyl sites for hydroxylation is 2. The smallest absolute Gasteiger partial charge is 0.333 e. The van der Waals surface area contributed by atoms with Crippen molar-refractivity contribution < 1.29 is 10.0 Å². The largest absolute Gasteiger partial charge is 0.395 e. The molecule has 2 rings (SSSR count). The Bertz CT molecular complexity index is 468. The molecule has 7 heteroatoms. The van der Waals surface area contributed by atoms with Crippen LogP contribution >= 0.6 is 0 Å². The van der Waals surface area contributed by atoms with Crippen molar-refractivity contribution in [2.45, 2.75) is 45.7 Å². The summed E-state index contributed by atoms with van der Waals surface area (Å²) in [6.07, 6.45) is 3.18. The van der Waals surface area contributed by atoms with Crippen LogP contribution in [-0.4, -0.2) is 39.0 Å². The van der Waals surface area contributed by atoms with Crippen LogP contribution in [0.1, 0.15) is 31.9 Å². The average molecular weight is 268 g/mol. The first kappa shape index (κ1) is 13.8. The molecule has 1 aliphatic carbocycles. The summed E-state index contributed by atoms with van der Waals surface area (Å²) in [6.45, 7) is 4.56. The number of nitro groups is 1. The first-order valence-electron chi connectivity index (χ1n) is 6.69. The van der Waals surface area contributed by atoms with Gasteiger partial charge in [0, 0.05) is 19.1 Å². The lowest BCUT2D eigenvalue weighted by Gasteiger charge is -2.38. The van der Waals surface area contributed by atoms with Gasteiger partial charge in [0.15, 0.2) is 0 Å². The minimum absolute atomic E-state index is 0.0123. The zero-order valence-corrected chi connectivity index (χ0v) is 11.4. The van der Waals surface area contributed by atoms with E-state index in [-0.39, 0.29) is 23.3 Å². The summed E-state index contributed by atoms with van der Waals surface area (Å²) < 4.78 is 1.67. The Hall–Kier alpha value is -1.63. The van der Waals surface area contributed by atoms with Crippen molar-refractivity contribution in [2.24, 2.45) is 0 Å². The fraction of sp³-hybridized carbons (Fsp3) is 0.750. The zero-order chi connectivity index (χ0) is 14.0. The SMILES string of the molecule is CCn1nc(C)c([N+](=O)[O-])c1N(CCO)C1CCC1. The van der Waals surface area contributed by atoms with Gasteiger partial charge in [-0.2, -0.15) is 5.10 Å². The molecule has 1 aliphatic rings.